The summed E-state index contributed by atoms with van der Waals surface area (Å²) in [4.78, 5) is 25.8. The largest absolute Gasteiger partial charge is 0.496 e. The summed E-state index contributed by atoms with van der Waals surface area (Å²) in [5, 5.41) is 41.3. The zero-order valence-electron chi connectivity index (χ0n) is 42.6. The second-order valence-electron chi connectivity index (χ2n) is 18.4. The fraction of sp³-hybridized carbons (Fsp3) is 0.481. The number of rotatable bonds is 24. The van der Waals surface area contributed by atoms with Crippen LogP contribution in [0.2, 0.25) is 0 Å². The van der Waals surface area contributed by atoms with Crippen LogP contribution >= 0.6 is 0 Å². The minimum atomic E-state index is -0.678. The lowest BCUT2D eigenvalue weighted by Gasteiger charge is -2.47. The summed E-state index contributed by atoms with van der Waals surface area (Å²) in [5.74, 6) is 2.33. The Morgan fingerprint density at radius 1 is 0.563 bits per heavy atom. The van der Waals surface area contributed by atoms with Crippen LogP contribution < -0.4 is 33.2 Å². The number of carbonyl (C=O) groups excluding carboxylic acids is 2. The molecule has 17 heteroatoms. The number of carbonyl (C=O) groups is 2. The van der Waals surface area contributed by atoms with Gasteiger partial charge in [-0.2, -0.15) is 0 Å². The summed E-state index contributed by atoms with van der Waals surface area (Å²) < 4.78 is 52.2. The number of nitrogens with zero attached hydrogens (tertiary/aromatic N) is 2. The van der Waals surface area contributed by atoms with Crippen LogP contribution in [-0.2, 0) is 64.8 Å². The van der Waals surface area contributed by atoms with E-state index in [0.717, 1.165) is 58.5 Å². The van der Waals surface area contributed by atoms with Crippen LogP contribution in [0.25, 0.3) is 0 Å². The van der Waals surface area contributed by atoms with Gasteiger partial charge in [0, 0.05) is 72.1 Å². The van der Waals surface area contributed by atoms with Gasteiger partial charge in [0.25, 0.3) is 0 Å². The van der Waals surface area contributed by atoms with Crippen molar-refractivity contribution >= 4 is 11.9 Å². The Balaban J connectivity index is 1.10. The monoisotopic (exact) mass is 988 g/mol. The molecule has 2 aliphatic rings. The molecule has 2 heterocycles. The van der Waals surface area contributed by atoms with Crippen molar-refractivity contribution < 1.29 is 81.6 Å². The standard InChI is InChI=1S/C54H72N2O15/c1-55(18-14-35-27-44(63-3)45(64-4)29-41(35)43(55)23-34-22-39(31-58)52(67-7)46(24-34)65-5)16-10-20-70-48(61)12-13-49(62)71-21-11-17-56(2)19-15-36-25-38(30-57)42(33-60)54(69-9)50(36)51(56)37-26-40(32-59)53(68-8)47(28-37)66-6/h12-13,22,24-29,43,51,57-60H,10-11,14-21,23,30-33H2,1-9H3/q+2/b13-12+. The highest BCUT2D eigenvalue weighted by Gasteiger charge is 2.44. The molecule has 0 aliphatic carbocycles. The first kappa shape index (κ1) is 54.3. The minimum Gasteiger partial charge on any atom is -0.496 e. The van der Waals surface area contributed by atoms with E-state index in [1.54, 1.807) is 35.5 Å². The Bertz CT molecular complexity index is 2490. The number of aliphatic hydroxyl groups is 4. The van der Waals surface area contributed by atoms with Crippen molar-refractivity contribution in [3.63, 3.8) is 0 Å². The molecule has 0 amide bonds. The highest BCUT2D eigenvalue weighted by molar-refractivity contribution is 5.91. The molecule has 0 bridgehead atoms. The van der Waals surface area contributed by atoms with E-state index in [2.05, 4.69) is 14.1 Å². The van der Waals surface area contributed by atoms with Crippen molar-refractivity contribution in [2.24, 2.45) is 0 Å². The van der Waals surface area contributed by atoms with E-state index in [-0.39, 0.29) is 51.7 Å². The van der Waals surface area contributed by atoms with E-state index in [1.807, 2.05) is 42.5 Å². The third-order valence-electron chi connectivity index (χ3n) is 14.3. The minimum absolute atomic E-state index is 0.0399. The molecule has 4 unspecified atom stereocenters. The molecule has 0 saturated heterocycles. The smallest absolute Gasteiger partial charge is 0.331 e. The third-order valence-corrected chi connectivity index (χ3v) is 14.3. The van der Waals surface area contributed by atoms with Gasteiger partial charge in [-0.3, -0.25) is 0 Å². The zero-order chi connectivity index (χ0) is 51.5. The van der Waals surface area contributed by atoms with E-state index < -0.39 is 11.9 Å². The lowest BCUT2D eigenvalue weighted by atomic mass is 9.82. The van der Waals surface area contributed by atoms with E-state index in [4.69, 9.17) is 42.6 Å². The normalized spacial score (nSPS) is 19.3. The van der Waals surface area contributed by atoms with E-state index in [1.165, 1.54) is 14.2 Å². The number of hydrogen-bond acceptors (Lipinski definition) is 15. The molecule has 4 aromatic rings. The first-order chi connectivity index (χ1) is 34.2. The highest BCUT2D eigenvalue weighted by atomic mass is 16.5. The van der Waals surface area contributed by atoms with Crippen molar-refractivity contribution in [3.8, 4) is 40.2 Å². The van der Waals surface area contributed by atoms with Crippen LogP contribution in [0.3, 0.4) is 0 Å². The summed E-state index contributed by atoms with van der Waals surface area (Å²) >= 11 is 0. The van der Waals surface area contributed by atoms with Gasteiger partial charge in [-0.1, -0.05) is 6.07 Å². The first-order valence-corrected chi connectivity index (χ1v) is 23.8. The molecule has 6 rings (SSSR count). The maximum Gasteiger partial charge on any atom is 0.331 e. The van der Waals surface area contributed by atoms with Crippen LogP contribution in [-0.4, -0.2) is 145 Å². The van der Waals surface area contributed by atoms with E-state index in [0.29, 0.717) is 117 Å². The van der Waals surface area contributed by atoms with Gasteiger partial charge in [0.1, 0.15) is 17.8 Å². The number of hydrogen-bond donors (Lipinski definition) is 4. The Kier molecular flexibility index (Phi) is 18.6. The highest BCUT2D eigenvalue weighted by Crippen LogP contribution is 2.49. The number of benzene rings is 4. The molecule has 0 radical (unpaired) electrons. The number of quaternary nitrogens is 2. The molecule has 0 aromatic heterocycles. The summed E-state index contributed by atoms with van der Waals surface area (Å²) in [6.45, 7) is 1.80. The first-order valence-electron chi connectivity index (χ1n) is 23.8. The average Bonchev–Trinajstić information content (AvgIpc) is 3.39. The molecule has 0 saturated carbocycles. The van der Waals surface area contributed by atoms with Crippen LogP contribution in [0.4, 0.5) is 0 Å². The van der Waals surface area contributed by atoms with Gasteiger partial charge in [-0.15, -0.1) is 0 Å². The van der Waals surface area contributed by atoms with Gasteiger partial charge in [0.2, 0.25) is 0 Å². The van der Waals surface area contributed by atoms with Crippen molar-refractivity contribution in [2.45, 2.75) is 70.6 Å². The second kappa shape index (κ2) is 24.4. The average molecular weight is 989 g/mol. The fourth-order valence-electron chi connectivity index (χ4n) is 10.7. The molecule has 4 N–H and O–H groups in total. The maximum absolute atomic E-state index is 12.9. The number of esters is 2. The molecule has 17 nitrogen and oxygen atoms in total. The summed E-state index contributed by atoms with van der Waals surface area (Å²) in [6.07, 6.45) is 5.23. The molecule has 71 heavy (non-hydrogen) atoms. The predicted octanol–water partition coefficient (Wildman–Crippen LogP) is 5.22. The van der Waals surface area contributed by atoms with Gasteiger partial charge in [0.15, 0.2) is 34.5 Å². The third kappa shape index (κ3) is 11.7. The van der Waals surface area contributed by atoms with Crippen molar-refractivity contribution in [1.82, 2.24) is 0 Å². The molecule has 0 spiro atoms. The van der Waals surface area contributed by atoms with Gasteiger partial charge in [-0.25, -0.2) is 9.59 Å². The molecule has 386 valence electrons. The summed E-state index contributed by atoms with van der Waals surface area (Å²) in [5.41, 5.74) is 8.13. The number of methoxy groups -OCH3 is 7. The summed E-state index contributed by atoms with van der Waals surface area (Å²) in [6, 6.07) is 13.2. The molecule has 2 aliphatic heterocycles. The topological polar surface area (TPSA) is 198 Å². The Morgan fingerprint density at radius 2 is 1.08 bits per heavy atom. The lowest BCUT2D eigenvalue weighted by molar-refractivity contribution is -0.941. The van der Waals surface area contributed by atoms with Crippen molar-refractivity contribution in [2.75, 3.05) is 103 Å². The molecule has 0 fully saturated rings. The fourth-order valence-corrected chi connectivity index (χ4v) is 10.7. The van der Waals surface area contributed by atoms with Gasteiger partial charge < -0.3 is 72.0 Å². The summed E-state index contributed by atoms with van der Waals surface area (Å²) in [7, 11) is 15.3. The van der Waals surface area contributed by atoms with E-state index in [9.17, 15) is 30.0 Å². The Labute approximate surface area is 416 Å². The quantitative estimate of drug-likeness (QED) is 0.0309. The molecule has 4 atom stereocenters. The van der Waals surface area contributed by atoms with Gasteiger partial charge in [0.05, 0.1) is 135 Å². The lowest BCUT2D eigenvalue weighted by Crippen LogP contribution is -2.52. The molecular formula is C54H72N2O15+2. The zero-order valence-corrected chi connectivity index (χ0v) is 42.6. The second-order valence-corrected chi connectivity index (χ2v) is 18.4. The van der Waals surface area contributed by atoms with E-state index >= 15 is 0 Å². The van der Waals surface area contributed by atoms with Crippen LogP contribution in [0.5, 0.6) is 40.2 Å². The molecule has 4 aromatic carbocycles. The number of likely N-dealkylation sites (N-methyl/N-ethyl adjacent to an activating group) is 2. The Hall–Kier alpha value is -6.08. The van der Waals surface area contributed by atoms with Crippen LogP contribution in [0, 0.1) is 0 Å². The van der Waals surface area contributed by atoms with Crippen molar-refractivity contribution in [3.05, 3.63) is 110 Å². The number of aliphatic hydroxyl groups excluding tert-OH is 4. The van der Waals surface area contributed by atoms with Gasteiger partial charge >= 0.3 is 11.9 Å². The van der Waals surface area contributed by atoms with Crippen LogP contribution in [0.15, 0.2) is 54.6 Å². The predicted molar refractivity (Wildman–Crippen MR) is 263 cm³/mol. The SMILES string of the molecule is COc1cc2c(cc1OC)C(Cc1cc(CO)c(OC)c(OC)c1)[N+](C)(CCCOC(=O)/C=C/C(=O)OCCC[N+]1(C)CCc3cc(CO)c(CO)c(OC)c3C1c1cc(CO)c(OC)c(OC)c1)CC2. The number of ether oxygens (including phenoxy) is 9. The van der Waals surface area contributed by atoms with Crippen molar-refractivity contribution in [1.29, 1.82) is 0 Å². The number of fused-ring (bicyclic) bond motifs is 2. The van der Waals surface area contributed by atoms with Gasteiger partial charge in [-0.05, 0) is 58.7 Å². The molecular weight excluding hydrogens is 917 g/mol. The van der Waals surface area contributed by atoms with Crippen LogP contribution in [0.1, 0.15) is 80.6 Å². The Morgan fingerprint density at radius 3 is 1.63 bits per heavy atom. The maximum atomic E-state index is 12.9.